The van der Waals surface area contributed by atoms with Crippen LogP contribution in [0.4, 0.5) is 0 Å². The molecule has 1 N–H and O–H groups in total. The van der Waals surface area contributed by atoms with Gasteiger partial charge in [0.1, 0.15) is 0 Å². The molecule has 0 aromatic rings. The second-order valence-electron chi connectivity index (χ2n) is 11.4. The molecular weight excluding hydrogens is 382 g/mol. The molecule has 0 unspecified atom stereocenters. The Bertz CT molecular complexity index is 768. The average Bonchev–Trinajstić information content (AvgIpc) is 3.05. The molecule has 172 valence electrons. The maximum Gasteiger partial charge on any atom is 0.0591 e. The molecule has 0 aromatic heterocycles. The highest BCUT2D eigenvalue weighted by Crippen LogP contribution is 2.60. The fraction of sp³-hybridized carbons (Fsp3) is 0.778. The number of fused-ring (bicyclic) bond motifs is 1. The highest BCUT2D eigenvalue weighted by molar-refractivity contribution is 5.36. The van der Waals surface area contributed by atoms with Gasteiger partial charge in [-0.2, -0.15) is 0 Å². The quantitative estimate of drug-likeness (QED) is 0.250. The lowest BCUT2D eigenvalue weighted by atomic mass is 9.60. The molecule has 0 radical (unpaired) electrons. The maximum atomic E-state index is 10.1. The van der Waals surface area contributed by atoms with Crippen molar-refractivity contribution in [3.05, 3.63) is 45.9 Å². The van der Waals surface area contributed by atoms with Crippen molar-refractivity contribution in [1.82, 2.24) is 0 Å². The minimum atomic E-state index is -0.545. The Hall–Kier alpha value is -1.51. The molecule has 3 aliphatic carbocycles. The topological polar surface area (TPSA) is 69.0 Å². The molecule has 3 saturated carbocycles. The van der Waals surface area contributed by atoms with Crippen LogP contribution in [0.25, 0.3) is 10.4 Å². The number of aliphatic hydroxyl groups is 1. The molecule has 4 nitrogen and oxygen atoms in total. The van der Waals surface area contributed by atoms with Crippen LogP contribution in [0.2, 0.25) is 0 Å². The third kappa shape index (κ3) is 5.84. The number of hydrogen-bond donors (Lipinski definition) is 1. The summed E-state index contributed by atoms with van der Waals surface area (Å²) in [7, 11) is 0. The zero-order valence-electron chi connectivity index (χ0n) is 20.2. The molecule has 3 rings (SSSR count). The summed E-state index contributed by atoms with van der Waals surface area (Å²) in [4.78, 5) is 3.02. The molecule has 0 amide bonds. The van der Waals surface area contributed by atoms with Crippen molar-refractivity contribution in [1.29, 1.82) is 0 Å². The SMILES string of the molecule is C=C1CC[C@H](N=[N+]=[N-])C/C1=C/C=C1\CCC[C@]2(C)[C@@H]([C@H](C)CCCC(C)(C)O)CC[C@@H]12. The van der Waals surface area contributed by atoms with E-state index < -0.39 is 5.60 Å². The van der Waals surface area contributed by atoms with E-state index in [4.69, 9.17) is 5.53 Å². The van der Waals surface area contributed by atoms with Crippen LogP contribution >= 0.6 is 0 Å². The smallest absolute Gasteiger partial charge is 0.0591 e. The van der Waals surface area contributed by atoms with Gasteiger partial charge < -0.3 is 5.11 Å². The van der Waals surface area contributed by atoms with Crippen LogP contribution < -0.4 is 0 Å². The first-order valence-corrected chi connectivity index (χ1v) is 12.5. The van der Waals surface area contributed by atoms with Crippen molar-refractivity contribution in [2.24, 2.45) is 28.3 Å². The zero-order chi connectivity index (χ0) is 22.6. The Morgan fingerprint density at radius 3 is 2.77 bits per heavy atom. The minimum Gasteiger partial charge on any atom is -0.390 e. The van der Waals surface area contributed by atoms with Crippen molar-refractivity contribution in [2.45, 2.75) is 110 Å². The van der Waals surface area contributed by atoms with E-state index >= 15 is 0 Å². The van der Waals surface area contributed by atoms with Gasteiger partial charge >= 0.3 is 0 Å². The van der Waals surface area contributed by atoms with Crippen molar-refractivity contribution < 1.29 is 5.11 Å². The molecule has 0 aliphatic heterocycles. The van der Waals surface area contributed by atoms with Gasteiger partial charge in [-0.1, -0.05) is 61.7 Å². The first-order chi connectivity index (χ1) is 14.6. The molecular formula is C27H43N3O. The minimum absolute atomic E-state index is 0.0809. The van der Waals surface area contributed by atoms with E-state index in [1.165, 1.54) is 49.7 Å². The van der Waals surface area contributed by atoms with Gasteiger partial charge in [0.25, 0.3) is 0 Å². The van der Waals surface area contributed by atoms with Crippen molar-refractivity contribution in [3.8, 4) is 0 Å². The van der Waals surface area contributed by atoms with E-state index in [1.54, 1.807) is 5.57 Å². The molecule has 5 atom stereocenters. The molecule has 3 fully saturated rings. The number of nitrogens with zero attached hydrogens (tertiary/aromatic N) is 3. The molecule has 3 aliphatic rings. The van der Waals surface area contributed by atoms with Gasteiger partial charge in [-0.3, -0.25) is 0 Å². The Labute approximate surface area is 189 Å². The number of allylic oxidation sites excluding steroid dienone is 4. The summed E-state index contributed by atoms with van der Waals surface area (Å²) < 4.78 is 0. The summed E-state index contributed by atoms with van der Waals surface area (Å²) >= 11 is 0. The lowest BCUT2D eigenvalue weighted by molar-refractivity contribution is 0.0597. The zero-order valence-corrected chi connectivity index (χ0v) is 20.2. The fourth-order valence-corrected chi connectivity index (χ4v) is 6.84. The summed E-state index contributed by atoms with van der Waals surface area (Å²) in [6.07, 6.45) is 17.1. The van der Waals surface area contributed by atoms with E-state index in [9.17, 15) is 5.11 Å². The van der Waals surface area contributed by atoms with Gasteiger partial charge in [0.2, 0.25) is 0 Å². The fourth-order valence-electron chi connectivity index (χ4n) is 6.84. The third-order valence-electron chi connectivity index (χ3n) is 8.58. The molecule has 0 spiro atoms. The van der Waals surface area contributed by atoms with Gasteiger partial charge in [-0.15, -0.1) is 0 Å². The molecule has 0 saturated heterocycles. The Morgan fingerprint density at radius 1 is 1.29 bits per heavy atom. The van der Waals surface area contributed by atoms with Crippen LogP contribution in [0, 0.1) is 23.2 Å². The van der Waals surface area contributed by atoms with E-state index in [2.05, 4.69) is 42.6 Å². The maximum absolute atomic E-state index is 10.1. The molecule has 31 heavy (non-hydrogen) atoms. The van der Waals surface area contributed by atoms with E-state index in [1.807, 2.05) is 13.8 Å². The number of rotatable bonds is 7. The second-order valence-corrected chi connectivity index (χ2v) is 11.4. The van der Waals surface area contributed by atoms with Crippen molar-refractivity contribution in [3.63, 3.8) is 0 Å². The normalized spacial score (nSPS) is 35.1. The van der Waals surface area contributed by atoms with Crippen LogP contribution in [0.1, 0.15) is 98.3 Å². The van der Waals surface area contributed by atoms with Crippen LogP contribution in [0.3, 0.4) is 0 Å². The van der Waals surface area contributed by atoms with Crippen molar-refractivity contribution in [2.75, 3.05) is 0 Å². The average molecular weight is 426 g/mol. The first-order valence-electron chi connectivity index (χ1n) is 12.5. The first kappa shape index (κ1) is 24.1. The van der Waals surface area contributed by atoms with Crippen LogP contribution in [-0.4, -0.2) is 16.7 Å². The van der Waals surface area contributed by atoms with Crippen LogP contribution in [0.15, 0.2) is 40.6 Å². The summed E-state index contributed by atoms with van der Waals surface area (Å²) in [6.45, 7) is 13.1. The lowest BCUT2D eigenvalue weighted by Gasteiger charge is -2.44. The van der Waals surface area contributed by atoms with E-state index in [0.29, 0.717) is 11.3 Å². The predicted molar refractivity (Wildman–Crippen MR) is 130 cm³/mol. The second kappa shape index (κ2) is 9.96. The molecule has 0 heterocycles. The summed E-state index contributed by atoms with van der Waals surface area (Å²) in [6, 6.07) is 0.0809. The molecule has 0 aromatic carbocycles. The standard InChI is InChI=1S/C27H43N3O/c1-19-10-13-23(29-30-28)18-22(19)12-11-21-9-7-17-27(5)24(14-15-25(21)27)20(2)8-6-16-26(3,4)31/h11-12,20,23-25,31H,1,6-10,13-18H2,2-5H3/b21-11+,22-12-/t20-,23+,24-,25+,27-/m1/s1. The van der Waals surface area contributed by atoms with Gasteiger partial charge in [-0.05, 0) is 106 Å². The van der Waals surface area contributed by atoms with Crippen molar-refractivity contribution >= 4 is 0 Å². The van der Waals surface area contributed by atoms with Crippen LogP contribution in [-0.2, 0) is 0 Å². The summed E-state index contributed by atoms with van der Waals surface area (Å²) in [5, 5.41) is 14.0. The third-order valence-corrected chi connectivity index (χ3v) is 8.58. The summed E-state index contributed by atoms with van der Waals surface area (Å²) in [5.74, 6) is 2.21. The lowest BCUT2D eigenvalue weighted by Crippen LogP contribution is -2.36. The molecule has 4 heteroatoms. The van der Waals surface area contributed by atoms with Gasteiger partial charge in [0.15, 0.2) is 0 Å². The van der Waals surface area contributed by atoms with E-state index in [0.717, 1.165) is 43.9 Å². The Balaban J connectivity index is 1.70. The largest absolute Gasteiger partial charge is 0.390 e. The molecule has 0 bridgehead atoms. The van der Waals surface area contributed by atoms with Gasteiger partial charge in [-0.25, -0.2) is 0 Å². The van der Waals surface area contributed by atoms with E-state index in [-0.39, 0.29) is 6.04 Å². The highest BCUT2D eigenvalue weighted by atomic mass is 16.3. The predicted octanol–water partition coefficient (Wildman–Crippen LogP) is 8.05. The Morgan fingerprint density at radius 2 is 2.06 bits per heavy atom. The number of hydrogen-bond acceptors (Lipinski definition) is 2. The van der Waals surface area contributed by atoms with Gasteiger partial charge in [0.05, 0.1) is 5.60 Å². The number of azide groups is 1. The van der Waals surface area contributed by atoms with Crippen LogP contribution in [0.5, 0.6) is 0 Å². The highest BCUT2D eigenvalue weighted by Gasteiger charge is 2.50. The summed E-state index contributed by atoms with van der Waals surface area (Å²) in [5.41, 5.74) is 12.8. The Kier molecular flexibility index (Phi) is 7.76. The van der Waals surface area contributed by atoms with Gasteiger partial charge in [0, 0.05) is 11.0 Å². The monoisotopic (exact) mass is 425 g/mol.